The lowest BCUT2D eigenvalue weighted by Gasteiger charge is -2.25. The predicted octanol–water partition coefficient (Wildman–Crippen LogP) is 1.82. The molecule has 0 fully saturated rings. The van der Waals surface area contributed by atoms with Gasteiger partial charge in [0.2, 0.25) is 0 Å². The Labute approximate surface area is 95.9 Å². The first-order valence-corrected chi connectivity index (χ1v) is 5.53. The van der Waals surface area contributed by atoms with E-state index in [0.717, 1.165) is 5.56 Å². The SMILES string of the molecule is Cc1ccoc1C(=O)N(CCCO)C(C)C. The van der Waals surface area contributed by atoms with Crippen molar-refractivity contribution in [2.24, 2.45) is 0 Å². The summed E-state index contributed by atoms with van der Waals surface area (Å²) < 4.78 is 5.18. The first-order chi connectivity index (χ1) is 7.57. The topological polar surface area (TPSA) is 53.7 Å². The predicted molar refractivity (Wildman–Crippen MR) is 61.3 cm³/mol. The second-order valence-electron chi connectivity index (χ2n) is 4.10. The van der Waals surface area contributed by atoms with Crippen LogP contribution in [0.15, 0.2) is 16.7 Å². The number of aryl methyl sites for hydroxylation is 1. The third kappa shape index (κ3) is 2.85. The molecule has 0 spiro atoms. The number of furan rings is 1. The van der Waals surface area contributed by atoms with Gasteiger partial charge < -0.3 is 14.4 Å². The van der Waals surface area contributed by atoms with Crippen molar-refractivity contribution in [3.63, 3.8) is 0 Å². The van der Waals surface area contributed by atoms with Gasteiger partial charge in [-0.05, 0) is 33.3 Å². The molecule has 0 unspecified atom stereocenters. The second-order valence-corrected chi connectivity index (χ2v) is 4.10. The number of hydrogen-bond donors (Lipinski definition) is 1. The number of amides is 1. The Morgan fingerprint density at radius 3 is 2.69 bits per heavy atom. The molecular formula is C12H19NO3. The Morgan fingerprint density at radius 1 is 1.56 bits per heavy atom. The number of hydrogen-bond acceptors (Lipinski definition) is 3. The van der Waals surface area contributed by atoms with E-state index < -0.39 is 0 Å². The molecule has 0 aliphatic heterocycles. The Morgan fingerprint density at radius 2 is 2.25 bits per heavy atom. The molecule has 0 saturated heterocycles. The van der Waals surface area contributed by atoms with E-state index in [1.54, 1.807) is 11.0 Å². The quantitative estimate of drug-likeness (QED) is 0.831. The third-order valence-electron chi connectivity index (χ3n) is 2.50. The van der Waals surface area contributed by atoms with Gasteiger partial charge in [-0.3, -0.25) is 4.79 Å². The highest BCUT2D eigenvalue weighted by Crippen LogP contribution is 2.14. The van der Waals surface area contributed by atoms with Crippen molar-refractivity contribution in [2.45, 2.75) is 33.2 Å². The van der Waals surface area contributed by atoms with E-state index in [0.29, 0.717) is 18.7 Å². The fourth-order valence-electron chi connectivity index (χ4n) is 1.56. The summed E-state index contributed by atoms with van der Waals surface area (Å²) >= 11 is 0. The standard InChI is InChI=1S/C12H19NO3/c1-9(2)13(6-4-7-14)12(15)11-10(3)5-8-16-11/h5,8-9,14H,4,6-7H2,1-3H3. The van der Waals surface area contributed by atoms with Crippen LogP contribution in [-0.4, -0.2) is 35.1 Å². The molecule has 1 aromatic rings. The van der Waals surface area contributed by atoms with Gasteiger partial charge in [0.25, 0.3) is 5.91 Å². The van der Waals surface area contributed by atoms with E-state index in [9.17, 15) is 4.79 Å². The van der Waals surface area contributed by atoms with Gasteiger partial charge in [0, 0.05) is 24.8 Å². The average Bonchev–Trinajstić information content (AvgIpc) is 2.64. The van der Waals surface area contributed by atoms with Crippen LogP contribution in [-0.2, 0) is 0 Å². The number of carbonyl (C=O) groups is 1. The van der Waals surface area contributed by atoms with Crippen molar-refractivity contribution in [3.8, 4) is 0 Å². The van der Waals surface area contributed by atoms with Gasteiger partial charge >= 0.3 is 0 Å². The van der Waals surface area contributed by atoms with Crippen molar-refractivity contribution >= 4 is 5.91 Å². The normalized spacial score (nSPS) is 10.8. The first kappa shape index (κ1) is 12.8. The molecule has 1 rings (SSSR count). The Balaban J connectivity index is 2.79. The molecule has 0 aromatic carbocycles. The monoisotopic (exact) mass is 225 g/mol. The molecule has 0 radical (unpaired) electrons. The Bertz CT molecular complexity index is 344. The minimum Gasteiger partial charge on any atom is -0.459 e. The summed E-state index contributed by atoms with van der Waals surface area (Å²) in [5.74, 6) is 0.289. The van der Waals surface area contributed by atoms with E-state index in [-0.39, 0.29) is 18.6 Å². The summed E-state index contributed by atoms with van der Waals surface area (Å²) in [5, 5.41) is 8.80. The van der Waals surface area contributed by atoms with Crippen LogP contribution in [0, 0.1) is 6.92 Å². The minimum absolute atomic E-state index is 0.0909. The van der Waals surface area contributed by atoms with E-state index in [1.165, 1.54) is 6.26 Å². The molecule has 16 heavy (non-hydrogen) atoms. The van der Waals surface area contributed by atoms with Crippen LogP contribution in [0.25, 0.3) is 0 Å². The Kier molecular flexibility index (Phi) is 4.55. The number of aliphatic hydroxyl groups excluding tert-OH is 1. The van der Waals surface area contributed by atoms with E-state index in [4.69, 9.17) is 9.52 Å². The molecule has 0 aliphatic rings. The summed E-state index contributed by atoms with van der Waals surface area (Å²) in [6.07, 6.45) is 2.11. The van der Waals surface area contributed by atoms with Crippen LogP contribution in [0.4, 0.5) is 0 Å². The summed E-state index contributed by atoms with van der Waals surface area (Å²) in [6.45, 7) is 6.39. The zero-order chi connectivity index (χ0) is 12.1. The maximum atomic E-state index is 12.1. The molecule has 1 aromatic heterocycles. The van der Waals surface area contributed by atoms with Gasteiger partial charge in [-0.1, -0.05) is 0 Å². The number of aliphatic hydroxyl groups is 1. The van der Waals surface area contributed by atoms with Crippen molar-refractivity contribution in [1.82, 2.24) is 4.90 Å². The van der Waals surface area contributed by atoms with Gasteiger partial charge in [-0.2, -0.15) is 0 Å². The van der Waals surface area contributed by atoms with Gasteiger partial charge in [-0.25, -0.2) is 0 Å². The molecule has 1 N–H and O–H groups in total. The summed E-state index contributed by atoms with van der Waals surface area (Å²) in [6, 6.07) is 1.88. The van der Waals surface area contributed by atoms with Crippen LogP contribution in [0.2, 0.25) is 0 Å². The summed E-state index contributed by atoms with van der Waals surface area (Å²) in [4.78, 5) is 13.8. The zero-order valence-corrected chi connectivity index (χ0v) is 10.1. The smallest absolute Gasteiger partial charge is 0.290 e. The van der Waals surface area contributed by atoms with Crippen LogP contribution in [0.5, 0.6) is 0 Å². The lowest BCUT2D eigenvalue weighted by Crippen LogP contribution is -2.38. The largest absolute Gasteiger partial charge is 0.459 e. The maximum Gasteiger partial charge on any atom is 0.290 e. The highest BCUT2D eigenvalue weighted by atomic mass is 16.3. The molecule has 4 nitrogen and oxygen atoms in total. The molecule has 1 amide bonds. The van der Waals surface area contributed by atoms with Crippen molar-refractivity contribution in [1.29, 1.82) is 0 Å². The van der Waals surface area contributed by atoms with Crippen molar-refractivity contribution in [3.05, 3.63) is 23.7 Å². The number of nitrogens with zero attached hydrogens (tertiary/aromatic N) is 1. The van der Waals surface area contributed by atoms with Crippen LogP contribution in [0.3, 0.4) is 0 Å². The molecule has 0 bridgehead atoms. The lowest BCUT2D eigenvalue weighted by molar-refractivity contribution is 0.0659. The first-order valence-electron chi connectivity index (χ1n) is 5.53. The zero-order valence-electron chi connectivity index (χ0n) is 10.1. The second kappa shape index (κ2) is 5.70. The molecule has 4 heteroatoms. The summed E-state index contributed by atoms with van der Waals surface area (Å²) in [7, 11) is 0. The Hall–Kier alpha value is -1.29. The third-order valence-corrected chi connectivity index (χ3v) is 2.50. The lowest BCUT2D eigenvalue weighted by atomic mass is 10.2. The molecule has 0 atom stereocenters. The van der Waals surface area contributed by atoms with Crippen LogP contribution in [0.1, 0.15) is 36.4 Å². The number of carbonyl (C=O) groups excluding carboxylic acids is 1. The van der Waals surface area contributed by atoms with Crippen molar-refractivity contribution < 1.29 is 14.3 Å². The van der Waals surface area contributed by atoms with Crippen LogP contribution >= 0.6 is 0 Å². The fourth-order valence-corrected chi connectivity index (χ4v) is 1.56. The fraction of sp³-hybridized carbons (Fsp3) is 0.583. The van der Waals surface area contributed by atoms with E-state index in [1.807, 2.05) is 20.8 Å². The molecule has 0 aliphatic carbocycles. The molecular weight excluding hydrogens is 206 g/mol. The number of rotatable bonds is 5. The molecule has 0 saturated carbocycles. The molecule has 1 heterocycles. The van der Waals surface area contributed by atoms with Gasteiger partial charge in [0.05, 0.1) is 6.26 Å². The average molecular weight is 225 g/mol. The van der Waals surface area contributed by atoms with Gasteiger partial charge in [0.1, 0.15) is 0 Å². The van der Waals surface area contributed by atoms with Crippen LogP contribution < -0.4 is 0 Å². The van der Waals surface area contributed by atoms with Gasteiger partial charge in [-0.15, -0.1) is 0 Å². The van der Waals surface area contributed by atoms with E-state index in [2.05, 4.69) is 0 Å². The van der Waals surface area contributed by atoms with Gasteiger partial charge in [0.15, 0.2) is 5.76 Å². The highest BCUT2D eigenvalue weighted by Gasteiger charge is 2.22. The van der Waals surface area contributed by atoms with Crippen molar-refractivity contribution in [2.75, 3.05) is 13.2 Å². The van der Waals surface area contributed by atoms with E-state index >= 15 is 0 Å². The maximum absolute atomic E-state index is 12.1. The highest BCUT2D eigenvalue weighted by molar-refractivity contribution is 5.93. The summed E-state index contributed by atoms with van der Waals surface area (Å²) in [5.41, 5.74) is 0.847. The minimum atomic E-state index is -0.106. The molecule has 90 valence electrons.